The molecule has 0 aliphatic rings. The maximum absolute atomic E-state index is 13.2. The number of pyridine rings is 1. The third kappa shape index (κ3) is 4.77. The van der Waals surface area contributed by atoms with Crippen LogP contribution in [0.15, 0.2) is 59.4 Å². The van der Waals surface area contributed by atoms with Crippen LogP contribution in [0.4, 0.5) is 24.5 Å². The highest BCUT2D eigenvalue weighted by molar-refractivity contribution is 5.93. The summed E-state index contributed by atoms with van der Waals surface area (Å²) in [4.78, 5) is 28.1. The van der Waals surface area contributed by atoms with Gasteiger partial charge in [0.25, 0.3) is 0 Å². The number of fused-ring (bicyclic) bond motifs is 1. The average Bonchev–Trinajstić information content (AvgIpc) is 2.66. The number of rotatable bonds is 5. The number of aromatic amines is 1. The Labute approximate surface area is 165 Å². The Morgan fingerprint density at radius 3 is 2.48 bits per heavy atom. The maximum atomic E-state index is 13.2. The zero-order valence-corrected chi connectivity index (χ0v) is 15.9. The van der Waals surface area contributed by atoms with Gasteiger partial charge in [0, 0.05) is 42.3 Å². The number of para-hydroxylation sites is 1. The van der Waals surface area contributed by atoms with Crippen molar-refractivity contribution in [3.8, 4) is 0 Å². The van der Waals surface area contributed by atoms with Crippen molar-refractivity contribution in [3.63, 3.8) is 0 Å². The summed E-state index contributed by atoms with van der Waals surface area (Å²) in [5, 5.41) is 3.01. The predicted octanol–water partition coefficient (Wildman–Crippen LogP) is 4.40. The van der Waals surface area contributed by atoms with Crippen molar-refractivity contribution in [2.75, 3.05) is 17.3 Å². The van der Waals surface area contributed by atoms with E-state index < -0.39 is 17.3 Å². The fourth-order valence-corrected chi connectivity index (χ4v) is 3.11. The van der Waals surface area contributed by atoms with Crippen LogP contribution >= 0.6 is 0 Å². The highest BCUT2D eigenvalue weighted by atomic mass is 19.4. The van der Waals surface area contributed by atoms with Crippen molar-refractivity contribution in [3.05, 3.63) is 70.5 Å². The Morgan fingerprint density at radius 1 is 1.14 bits per heavy atom. The smallest absolute Gasteiger partial charge is 0.382 e. The van der Waals surface area contributed by atoms with Crippen LogP contribution in [0.5, 0.6) is 0 Å². The van der Waals surface area contributed by atoms with E-state index in [9.17, 15) is 22.8 Å². The van der Waals surface area contributed by atoms with E-state index in [1.807, 2.05) is 30.3 Å². The quantitative estimate of drug-likeness (QED) is 0.664. The Morgan fingerprint density at radius 2 is 1.83 bits per heavy atom. The lowest BCUT2D eigenvalue weighted by Gasteiger charge is -2.21. The number of hydrogen-bond acceptors (Lipinski definition) is 3. The number of benzene rings is 2. The molecule has 0 spiro atoms. The highest BCUT2D eigenvalue weighted by Gasteiger charge is 2.33. The molecular formula is C21H20F3N3O2. The minimum Gasteiger partial charge on any atom is -0.382 e. The number of carbonyl (C=O) groups is 1. The predicted molar refractivity (Wildman–Crippen MR) is 107 cm³/mol. The van der Waals surface area contributed by atoms with Gasteiger partial charge in [0.2, 0.25) is 11.5 Å². The second-order valence-electron chi connectivity index (χ2n) is 6.84. The molecule has 1 aromatic heterocycles. The molecule has 3 rings (SSSR count). The van der Waals surface area contributed by atoms with Gasteiger partial charge < -0.3 is 15.2 Å². The number of H-pyrrole nitrogens is 1. The number of alkyl halides is 3. The van der Waals surface area contributed by atoms with Crippen molar-refractivity contribution >= 4 is 28.2 Å². The molecule has 152 valence electrons. The lowest BCUT2D eigenvalue weighted by molar-refractivity contribution is -0.136. The summed E-state index contributed by atoms with van der Waals surface area (Å²) in [6.07, 6.45) is -4.44. The summed E-state index contributed by atoms with van der Waals surface area (Å²) in [6.45, 7) is 1.80. The van der Waals surface area contributed by atoms with E-state index in [0.29, 0.717) is 11.8 Å². The van der Waals surface area contributed by atoms with E-state index in [2.05, 4.69) is 10.3 Å². The van der Waals surface area contributed by atoms with Gasteiger partial charge in [-0.2, -0.15) is 13.2 Å². The lowest BCUT2D eigenvalue weighted by Crippen LogP contribution is -2.31. The first-order chi connectivity index (χ1) is 13.6. The summed E-state index contributed by atoms with van der Waals surface area (Å²) < 4.78 is 39.5. The Kier molecular flexibility index (Phi) is 5.63. The van der Waals surface area contributed by atoms with Crippen LogP contribution in [0.3, 0.4) is 0 Å². The van der Waals surface area contributed by atoms with Crippen molar-refractivity contribution in [2.45, 2.75) is 25.6 Å². The summed E-state index contributed by atoms with van der Waals surface area (Å²) >= 11 is 0. The molecule has 0 saturated carbocycles. The zero-order chi connectivity index (χ0) is 21.2. The number of halogens is 3. The number of amides is 1. The van der Waals surface area contributed by atoms with Gasteiger partial charge in [0.1, 0.15) is 0 Å². The van der Waals surface area contributed by atoms with Crippen LogP contribution in [0.2, 0.25) is 0 Å². The second kappa shape index (κ2) is 7.98. The molecule has 1 amide bonds. The third-order valence-corrected chi connectivity index (χ3v) is 4.56. The fourth-order valence-electron chi connectivity index (χ4n) is 3.11. The van der Waals surface area contributed by atoms with Gasteiger partial charge in [-0.1, -0.05) is 24.3 Å². The average molecular weight is 403 g/mol. The van der Waals surface area contributed by atoms with Crippen molar-refractivity contribution in [1.82, 2.24) is 4.98 Å². The van der Waals surface area contributed by atoms with Gasteiger partial charge >= 0.3 is 6.18 Å². The van der Waals surface area contributed by atoms with Crippen LogP contribution in [0.1, 0.15) is 18.9 Å². The molecule has 0 radical (unpaired) electrons. The summed E-state index contributed by atoms with van der Waals surface area (Å²) in [7, 11) is 1.68. The summed E-state index contributed by atoms with van der Waals surface area (Å²) in [5.74, 6) is -0.107. The van der Waals surface area contributed by atoms with E-state index in [-0.39, 0.29) is 29.3 Å². The molecule has 0 aliphatic heterocycles. The number of hydrogen-bond donors (Lipinski definition) is 2. The SMILES string of the molecule is CC(CC(=O)N(C)c1ccccc1)Nc1ccc2c(C(F)(F)F)cc(=O)[nH]c2c1. The van der Waals surface area contributed by atoms with Crippen LogP contribution in [0.25, 0.3) is 10.9 Å². The van der Waals surface area contributed by atoms with Crippen LogP contribution in [-0.2, 0) is 11.0 Å². The first-order valence-corrected chi connectivity index (χ1v) is 8.97. The van der Waals surface area contributed by atoms with Gasteiger partial charge in [0.15, 0.2) is 0 Å². The molecule has 1 heterocycles. The second-order valence-corrected chi connectivity index (χ2v) is 6.84. The normalized spacial score (nSPS) is 12.6. The molecule has 0 saturated heterocycles. The van der Waals surface area contributed by atoms with Gasteiger partial charge in [0.05, 0.1) is 11.1 Å². The number of anilines is 2. The number of nitrogens with zero attached hydrogens (tertiary/aromatic N) is 1. The lowest BCUT2D eigenvalue weighted by atomic mass is 10.1. The minimum absolute atomic E-state index is 0.0785. The molecule has 2 aromatic carbocycles. The van der Waals surface area contributed by atoms with Crippen molar-refractivity contribution in [2.24, 2.45) is 0 Å². The zero-order valence-electron chi connectivity index (χ0n) is 15.9. The molecule has 0 bridgehead atoms. The van der Waals surface area contributed by atoms with Gasteiger partial charge in [-0.05, 0) is 31.2 Å². The minimum atomic E-state index is -4.62. The molecule has 0 fully saturated rings. The van der Waals surface area contributed by atoms with E-state index >= 15 is 0 Å². The van der Waals surface area contributed by atoms with Crippen LogP contribution in [-0.4, -0.2) is 24.0 Å². The molecular weight excluding hydrogens is 383 g/mol. The standard InChI is InChI=1S/C21H20F3N3O2/c1-13(10-20(29)27(2)15-6-4-3-5-7-15)25-14-8-9-16-17(21(22,23)24)12-19(28)26-18(16)11-14/h3-9,11-13,25H,10H2,1-2H3,(H,26,28). The Hall–Kier alpha value is -3.29. The molecule has 0 aliphatic carbocycles. The first kappa shape index (κ1) is 20.4. The van der Waals surface area contributed by atoms with Crippen molar-refractivity contribution < 1.29 is 18.0 Å². The molecule has 1 atom stereocenters. The molecule has 8 heteroatoms. The Bertz CT molecular complexity index is 1080. The number of aromatic nitrogens is 1. The van der Waals surface area contributed by atoms with Crippen LogP contribution < -0.4 is 15.8 Å². The largest absolute Gasteiger partial charge is 0.417 e. The molecule has 3 aromatic rings. The first-order valence-electron chi connectivity index (χ1n) is 8.97. The topological polar surface area (TPSA) is 65.2 Å². The molecule has 29 heavy (non-hydrogen) atoms. The van der Waals surface area contributed by atoms with E-state index in [0.717, 1.165) is 5.69 Å². The van der Waals surface area contributed by atoms with Gasteiger partial charge in [-0.3, -0.25) is 9.59 Å². The van der Waals surface area contributed by atoms with Crippen molar-refractivity contribution in [1.29, 1.82) is 0 Å². The summed E-state index contributed by atoms with van der Waals surface area (Å²) in [6, 6.07) is 13.7. The van der Waals surface area contributed by atoms with E-state index in [1.165, 1.54) is 18.2 Å². The molecule has 2 N–H and O–H groups in total. The van der Waals surface area contributed by atoms with Gasteiger partial charge in [-0.15, -0.1) is 0 Å². The molecule has 1 unspecified atom stereocenters. The van der Waals surface area contributed by atoms with E-state index in [1.54, 1.807) is 18.9 Å². The maximum Gasteiger partial charge on any atom is 0.417 e. The summed E-state index contributed by atoms with van der Waals surface area (Å²) in [5.41, 5.74) is -0.442. The Balaban J connectivity index is 1.76. The highest BCUT2D eigenvalue weighted by Crippen LogP contribution is 2.34. The van der Waals surface area contributed by atoms with Gasteiger partial charge in [-0.25, -0.2) is 0 Å². The van der Waals surface area contributed by atoms with E-state index in [4.69, 9.17) is 0 Å². The number of nitrogens with one attached hydrogen (secondary N) is 2. The third-order valence-electron chi connectivity index (χ3n) is 4.56. The number of carbonyl (C=O) groups excluding carboxylic acids is 1. The fraction of sp³-hybridized carbons (Fsp3) is 0.238. The monoisotopic (exact) mass is 403 g/mol. The van der Waals surface area contributed by atoms with Crippen LogP contribution in [0, 0.1) is 0 Å². The molecule has 5 nitrogen and oxygen atoms in total.